The molecule has 1 saturated heterocycles. The van der Waals surface area contributed by atoms with Gasteiger partial charge in [0, 0.05) is 6.61 Å². The molecule has 0 aliphatic carbocycles. The molecule has 1 heterocycles. The maximum atomic E-state index is 12.7. The fourth-order valence-electron chi connectivity index (χ4n) is 1.84. The molecule has 0 bridgehead atoms. The standard InChI is InChI=1S/C12H13F3N2O2/c13-12(14,15)8-4-1-2-5-9(8)16-11(18)17-10-6-3-7-19-10/h1-2,4-5,10H,3,6-7H2,(H2,16,17,18). The number of para-hydroxylation sites is 1. The van der Waals surface area contributed by atoms with E-state index in [9.17, 15) is 18.0 Å². The molecule has 0 aromatic heterocycles. The minimum Gasteiger partial charge on any atom is -0.358 e. The highest BCUT2D eigenvalue weighted by atomic mass is 19.4. The molecule has 0 radical (unpaired) electrons. The number of amides is 2. The fraction of sp³-hybridized carbons (Fsp3) is 0.417. The van der Waals surface area contributed by atoms with Gasteiger partial charge < -0.3 is 15.4 Å². The number of halogens is 3. The van der Waals surface area contributed by atoms with Crippen LogP contribution in [0.25, 0.3) is 0 Å². The lowest BCUT2D eigenvalue weighted by Gasteiger charge is -2.16. The van der Waals surface area contributed by atoms with E-state index in [1.54, 1.807) is 0 Å². The van der Waals surface area contributed by atoms with Crippen molar-refractivity contribution in [1.82, 2.24) is 5.32 Å². The van der Waals surface area contributed by atoms with Crippen molar-refractivity contribution in [3.8, 4) is 0 Å². The lowest BCUT2D eigenvalue weighted by Crippen LogP contribution is -2.37. The second kappa shape index (κ2) is 5.48. The average Bonchev–Trinajstić information content (AvgIpc) is 2.81. The highest BCUT2D eigenvalue weighted by Crippen LogP contribution is 2.34. The summed E-state index contributed by atoms with van der Waals surface area (Å²) in [5, 5.41) is 4.66. The monoisotopic (exact) mass is 274 g/mol. The first-order valence-electron chi connectivity index (χ1n) is 5.82. The van der Waals surface area contributed by atoms with Crippen molar-refractivity contribution in [2.75, 3.05) is 11.9 Å². The summed E-state index contributed by atoms with van der Waals surface area (Å²) in [4.78, 5) is 11.6. The molecule has 0 spiro atoms. The molecule has 1 fully saturated rings. The summed E-state index contributed by atoms with van der Waals surface area (Å²) < 4.78 is 43.3. The molecule has 7 heteroatoms. The molecule has 1 aromatic rings. The third-order valence-corrected chi connectivity index (χ3v) is 2.70. The molecule has 1 aliphatic rings. The topological polar surface area (TPSA) is 50.4 Å². The van der Waals surface area contributed by atoms with Gasteiger partial charge in [-0.3, -0.25) is 0 Å². The maximum absolute atomic E-state index is 12.7. The Bertz CT molecular complexity index is 457. The van der Waals surface area contributed by atoms with Crippen LogP contribution in [0.1, 0.15) is 18.4 Å². The largest absolute Gasteiger partial charge is 0.418 e. The van der Waals surface area contributed by atoms with Crippen molar-refractivity contribution in [1.29, 1.82) is 0 Å². The highest BCUT2D eigenvalue weighted by molar-refractivity contribution is 5.90. The van der Waals surface area contributed by atoms with Gasteiger partial charge in [0.05, 0.1) is 11.3 Å². The Morgan fingerprint density at radius 3 is 2.68 bits per heavy atom. The summed E-state index contributed by atoms with van der Waals surface area (Å²) in [5.41, 5.74) is -1.15. The van der Waals surface area contributed by atoms with E-state index in [0.29, 0.717) is 13.0 Å². The van der Waals surface area contributed by atoms with Crippen LogP contribution in [0.5, 0.6) is 0 Å². The number of carbonyl (C=O) groups excluding carboxylic acids is 1. The van der Waals surface area contributed by atoms with Crippen LogP contribution in [-0.2, 0) is 10.9 Å². The van der Waals surface area contributed by atoms with Gasteiger partial charge in [0.1, 0.15) is 6.23 Å². The van der Waals surface area contributed by atoms with Crippen LogP contribution in [0.3, 0.4) is 0 Å². The van der Waals surface area contributed by atoms with Gasteiger partial charge in [0.15, 0.2) is 0 Å². The van der Waals surface area contributed by atoms with E-state index >= 15 is 0 Å². The SMILES string of the molecule is O=C(Nc1ccccc1C(F)(F)F)NC1CCCO1. The van der Waals surface area contributed by atoms with E-state index in [2.05, 4.69) is 10.6 Å². The molecule has 1 aliphatic heterocycles. The molecule has 2 amide bonds. The summed E-state index contributed by atoms with van der Waals surface area (Å²) in [6.07, 6.45) is -3.45. The number of anilines is 1. The highest BCUT2D eigenvalue weighted by Gasteiger charge is 2.33. The van der Waals surface area contributed by atoms with Crippen molar-refractivity contribution in [2.24, 2.45) is 0 Å². The lowest BCUT2D eigenvalue weighted by molar-refractivity contribution is -0.136. The number of carbonyl (C=O) groups is 1. The van der Waals surface area contributed by atoms with Crippen molar-refractivity contribution in [3.63, 3.8) is 0 Å². The minimum absolute atomic E-state index is 0.273. The van der Waals surface area contributed by atoms with E-state index in [0.717, 1.165) is 12.5 Å². The van der Waals surface area contributed by atoms with Crippen LogP contribution in [0.4, 0.5) is 23.7 Å². The zero-order valence-corrected chi connectivity index (χ0v) is 9.96. The molecular weight excluding hydrogens is 261 g/mol. The summed E-state index contributed by atoms with van der Waals surface area (Å²) in [6, 6.07) is 4.12. The lowest BCUT2D eigenvalue weighted by atomic mass is 10.1. The summed E-state index contributed by atoms with van der Waals surface area (Å²) in [6.45, 7) is 0.546. The Hall–Kier alpha value is -1.76. The van der Waals surface area contributed by atoms with Crippen LogP contribution in [0.2, 0.25) is 0 Å². The van der Waals surface area contributed by atoms with Crippen LogP contribution < -0.4 is 10.6 Å². The fourth-order valence-corrected chi connectivity index (χ4v) is 1.84. The van der Waals surface area contributed by atoms with E-state index in [1.165, 1.54) is 18.2 Å². The van der Waals surface area contributed by atoms with E-state index in [4.69, 9.17) is 4.74 Å². The summed E-state index contributed by atoms with van der Waals surface area (Å²) in [7, 11) is 0. The van der Waals surface area contributed by atoms with Crippen molar-refractivity contribution < 1.29 is 22.7 Å². The van der Waals surface area contributed by atoms with Gasteiger partial charge in [-0.2, -0.15) is 13.2 Å². The molecule has 2 rings (SSSR count). The van der Waals surface area contributed by atoms with Gasteiger partial charge in [-0.15, -0.1) is 0 Å². The van der Waals surface area contributed by atoms with Gasteiger partial charge in [-0.05, 0) is 25.0 Å². The van der Waals surface area contributed by atoms with Gasteiger partial charge in [-0.1, -0.05) is 12.1 Å². The number of alkyl halides is 3. The number of urea groups is 1. The Morgan fingerprint density at radius 2 is 2.05 bits per heavy atom. The van der Waals surface area contributed by atoms with Crippen LogP contribution in [0.15, 0.2) is 24.3 Å². The molecule has 104 valence electrons. The van der Waals surface area contributed by atoms with Crippen molar-refractivity contribution in [2.45, 2.75) is 25.2 Å². The number of benzene rings is 1. The Kier molecular flexibility index (Phi) is 3.94. The van der Waals surface area contributed by atoms with Gasteiger partial charge >= 0.3 is 12.2 Å². The summed E-state index contributed by atoms with van der Waals surface area (Å²) >= 11 is 0. The third kappa shape index (κ3) is 3.60. The molecule has 4 nitrogen and oxygen atoms in total. The maximum Gasteiger partial charge on any atom is 0.418 e. The number of nitrogens with one attached hydrogen (secondary N) is 2. The molecule has 0 saturated carbocycles. The second-order valence-electron chi connectivity index (χ2n) is 4.14. The Balaban J connectivity index is 2.04. The van der Waals surface area contributed by atoms with Gasteiger partial charge in [-0.25, -0.2) is 4.79 Å². The number of hydrogen-bond donors (Lipinski definition) is 2. The molecule has 1 aromatic carbocycles. The Labute approximate surface area is 107 Å². The van der Waals surface area contributed by atoms with Crippen LogP contribution >= 0.6 is 0 Å². The van der Waals surface area contributed by atoms with Crippen molar-refractivity contribution >= 4 is 11.7 Å². The predicted octanol–water partition coefficient (Wildman–Crippen LogP) is 2.96. The predicted molar refractivity (Wildman–Crippen MR) is 62.6 cm³/mol. The van der Waals surface area contributed by atoms with E-state index in [-0.39, 0.29) is 5.69 Å². The number of ether oxygens (including phenoxy) is 1. The molecule has 2 N–H and O–H groups in total. The smallest absolute Gasteiger partial charge is 0.358 e. The van der Waals surface area contributed by atoms with Crippen LogP contribution in [-0.4, -0.2) is 18.9 Å². The minimum atomic E-state index is -4.51. The zero-order chi connectivity index (χ0) is 13.9. The first kappa shape index (κ1) is 13.7. The summed E-state index contributed by atoms with van der Waals surface area (Å²) in [5.74, 6) is 0. The molecule has 1 unspecified atom stereocenters. The zero-order valence-electron chi connectivity index (χ0n) is 9.96. The quantitative estimate of drug-likeness (QED) is 0.871. The molecule has 19 heavy (non-hydrogen) atoms. The molecule has 1 atom stereocenters. The second-order valence-corrected chi connectivity index (χ2v) is 4.14. The molecular formula is C12H13F3N2O2. The van der Waals surface area contributed by atoms with Crippen molar-refractivity contribution in [3.05, 3.63) is 29.8 Å². The first-order valence-corrected chi connectivity index (χ1v) is 5.82. The van der Waals surface area contributed by atoms with E-state index < -0.39 is 24.0 Å². The number of rotatable bonds is 2. The van der Waals surface area contributed by atoms with Gasteiger partial charge in [0.2, 0.25) is 0 Å². The van der Waals surface area contributed by atoms with Gasteiger partial charge in [0.25, 0.3) is 0 Å². The van der Waals surface area contributed by atoms with Crippen LogP contribution in [0, 0.1) is 0 Å². The number of hydrogen-bond acceptors (Lipinski definition) is 2. The third-order valence-electron chi connectivity index (χ3n) is 2.70. The van der Waals surface area contributed by atoms with E-state index in [1.807, 2.05) is 0 Å². The average molecular weight is 274 g/mol. The Morgan fingerprint density at radius 1 is 1.32 bits per heavy atom. The normalized spacial score (nSPS) is 19.2. The first-order chi connectivity index (χ1) is 8.97.